The standard InChI is InChI=1S/C27H16F2/c1-19-2-11-23(27(29)16-19)12-9-21-5-3-20(4-6-21)7-8-22-10-13-25-18-26(28)15-14-24(25)17-22/h2-6,10-11,13-18H,1H3. The summed E-state index contributed by atoms with van der Waals surface area (Å²) in [5.41, 5.74) is 3.77. The Hall–Kier alpha value is -3.88. The Kier molecular flexibility index (Phi) is 5.10. The number of hydrogen-bond acceptors (Lipinski definition) is 0. The van der Waals surface area contributed by atoms with Gasteiger partial charge >= 0.3 is 0 Å². The predicted molar refractivity (Wildman–Crippen MR) is 113 cm³/mol. The third kappa shape index (κ3) is 4.52. The highest BCUT2D eigenvalue weighted by molar-refractivity contribution is 5.84. The summed E-state index contributed by atoms with van der Waals surface area (Å²) >= 11 is 0. The molecule has 0 aliphatic rings. The first-order valence-electron chi connectivity index (χ1n) is 9.16. The summed E-state index contributed by atoms with van der Waals surface area (Å²) in [6.45, 7) is 1.85. The Bertz CT molecular complexity index is 1320. The monoisotopic (exact) mass is 378 g/mol. The lowest BCUT2D eigenvalue weighted by atomic mass is 10.1. The van der Waals surface area contributed by atoms with E-state index in [9.17, 15) is 8.78 Å². The number of aryl methyl sites for hydroxylation is 1. The minimum absolute atomic E-state index is 0.246. The Morgan fingerprint density at radius 1 is 0.552 bits per heavy atom. The lowest BCUT2D eigenvalue weighted by Crippen LogP contribution is -1.85. The molecule has 0 atom stereocenters. The average Bonchev–Trinajstić information content (AvgIpc) is 2.72. The van der Waals surface area contributed by atoms with Crippen LogP contribution in [-0.4, -0.2) is 0 Å². The Morgan fingerprint density at radius 3 is 1.86 bits per heavy atom. The fourth-order valence-electron chi connectivity index (χ4n) is 2.94. The quantitative estimate of drug-likeness (QED) is 0.318. The van der Waals surface area contributed by atoms with Crippen LogP contribution in [0.2, 0.25) is 0 Å². The molecular weight excluding hydrogens is 362 g/mol. The van der Waals surface area contributed by atoms with Gasteiger partial charge in [0.15, 0.2) is 0 Å². The van der Waals surface area contributed by atoms with Crippen molar-refractivity contribution < 1.29 is 8.78 Å². The van der Waals surface area contributed by atoms with E-state index in [2.05, 4.69) is 23.7 Å². The third-order valence-corrected chi connectivity index (χ3v) is 4.50. The molecular formula is C27H16F2. The van der Waals surface area contributed by atoms with E-state index in [0.29, 0.717) is 5.56 Å². The number of fused-ring (bicyclic) bond motifs is 1. The van der Waals surface area contributed by atoms with Crippen molar-refractivity contribution in [2.45, 2.75) is 6.92 Å². The lowest BCUT2D eigenvalue weighted by molar-refractivity contribution is 0.623. The van der Waals surface area contributed by atoms with Gasteiger partial charge in [0.1, 0.15) is 11.6 Å². The summed E-state index contributed by atoms with van der Waals surface area (Å²) in [4.78, 5) is 0. The summed E-state index contributed by atoms with van der Waals surface area (Å²) in [6.07, 6.45) is 0. The summed E-state index contributed by atoms with van der Waals surface area (Å²) in [7, 11) is 0. The lowest BCUT2D eigenvalue weighted by Gasteiger charge is -1.98. The van der Waals surface area contributed by atoms with Crippen LogP contribution in [0.15, 0.2) is 78.9 Å². The van der Waals surface area contributed by atoms with Crippen molar-refractivity contribution in [2.24, 2.45) is 0 Å². The largest absolute Gasteiger partial charge is 0.207 e. The maximum absolute atomic E-state index is 13.9. The second-order valence-corrected chi connectivity index (χ2v) is 6.77. The van der Waals surface area contributed by atoms with Crippen LogP contribution in [0.5, 0.6) is 0 Å². The van der Waals surface area contributed by atoms with Gasteiger partial charge in [-0.15, -0.1) is 0 Å². The number of benzene rings is 4. The van der Waals surface area contributed by atoms with Crippen LogP contribution in [0.3, 0.4) is 0 Å². The summed E-state index contributed by atoms with van der Waals surface area (Å²) < 4.78 is 27.1. The van der Waals surface area contributed by atoms with E-state index in [0.717, 1.165) is 33.0 Å². The zero-order valence-electron chi connectivity index (χ0n) is 15.8. The van der Waals surface area contributed by atoms with E-state index < -0.39 is 0 Å². The molecule has 0 saturated heterocycles. The first-order chi connectivity index (χ1) is 14.1. The molecule has 0 spiro atoms. The van der Waals surface area contributed by atoms with E-state index >= 15 is 0 Å². The Balaban J connectivity index is 1.52. The van der Waals surface area contributed by atoms with Gasteiger partial charge in [-0.2, -0.15) is 0 Å². The number of rotatable bonds is 0. The minimum atomic E-state index is -0.307. The Labute approximate surface area is 168 Å². The van der Waals surface area contributed by atoms with Gasteiger partial charge in [-0.05, 0) is 83.9 Å². The highest BCUT2D eigenvalue weighted by Gasteiger charge is 1.99. The molecule has 29 heavy (non-hydrogen) atoms. The SMILES string of the molecule is Cc1ccc(C#Cc2ccc(C#Cc3ccc4cc(F)ccc4c3)cc2)c(F)c1. The molecule has 2 heteroatoms. The summed E-state index contributed by atoms with van der Waals surface area (Å²) in [5, 5.41) is 1.80. The van der Waals surface area contributed by atoms with Crippen LogP contribution in [-0.2, 0) is 0 Å². The van der Waals surface area contributed by atoms with E-state index in [-0.39, 0.29) is 11.6 Å². The van der Waals surface area contributed by atoms with Gasteiger partial charge in [0.05, 0.1) is 5.56 Å². The topological polar surface area (TPSA) is 0 Å². The smallest absolute Gasteiger partial charge is 0.139 e. The first kappa shape index (κ1) is 18.5. The molecule has 138 valence electrons. The second-order valence-electron chi connectivity index (χ2n) is 6.77. The van der Waals surface area contributed by atoms with Gasteiger partial charge in [0, 0.05) is 16.7 Å². The molecule has 0 amide bonds. The molecule has 0 aromatic heterocycles. The van der Waals surface area contributed by atoms with Crippen LogP contribution in [0.1, 0.15) is 27.8 Å². The van der Waals surface area contributed by atoms with Crippen molar-refractivity contribution in [1.29, 1.82) is 0 Å². The molecule has 0 N–H and O–H groups in total. The normalized spacial score (nSPS) is 10.0. The van der Waals surface area contributed by atoms with Crippen molar-refractivity contribution in [2.75, 3.05) is 0 Å². The third-order valence-electron chi connectivity index (χ3n) is 4.50. The summed E-state index contributed by atoms with van der Waals surface area (Å²) in [6, 6.07) is 22.9. The zero-order valence-corrected chi connectivity index (χ0v) is 15.8. The van der Waals surface area contributed by atoms with Crippen molar-refractivity contribution in [3.8, 4) is 23.7 Å². The zero-order chi connectivity index (χ0) is 20.2. The van der Waals surface area contributed by atoms with Gasteiger partial charge in [-0.1, -0.05) is 41.9 Å². The molecule has 4 rings (SSSR count). The van der Waals surface area contributed by atoms with E-state index in [1.54, 1.807) is 12.1 Å². The summed E-state index contributed by atoms with van der Waals surface area (Å²) in [5.74, 6) is 11.5. The molecule has 0 fully saturated rings. The van der Waals surface area contributed by atoms with Gasteiger partial charge < -0.3 is 0 Å². The van der Waals surface area contributed by atoms with E-state index in [4.69, 9.17) is 0 Å². The maximum atomic E-state index is 13.9. The molecule has 0 unspecified atom stereocenters. The number of halogens is 2. The van der Waals surface area contributed by atoms with Crippen LogP contribution < -0.4 is 0 Å². The Morgan fingerprint density at radius 2 is 1.14 bits per heavy atom. The van der Waals surface area contributed by atoms with Crippen LogP contribution in [0.25, 0.3) is 10.8 Å². The molecule has 0 aliphatic heterocycles. The van der Waals surface area contributed by atoms with Crippen molar-refractivity contribution in [3.05, 3.63) is 118 Å². The van der Waals surface area contributed by atoms with Crippen molar-refractivity contribution >= 4 is 10.8 Å². The molecule has 4 aromatic carbocycles. The maximum Gasteiger partial charge on any atom is 0.139 e. The van der Waals surface area contributed by atoms with Crippen molar-refractivity contribution in [1.82, 2.24) is 0 Å². The number of hydrogen-bond donors (Lipinski definition) is 0. The van der Waals surface area contributed by atoms with Gasteiger partial charge in [-0.25, -0.2) is 8.78 Å². The van der Waals surface area contributed by atoms with Crippen LogP contribution in [0, 0.1) is 42.2 Å². The van der Waals surface area contributed by atoms with E-state index in [1.807, 2.05) is 55.5 Å². The highest BCUT2D eigenvalue weighted by atomic mass is 19.1. The van der Waals surface area contributed by atoms with E-state index in [1.165, 1.54) is 18.2 Å². The molecule has 0 saturated carbocycles. The molecule has 0 bridgehead atoms. The fraction of sp³-hybridized carbons (Fsp3) is 0.0370. The minimum Gasteiger partial charge on any atom is -0.207 e. The van der Waals surface area contributed by atoms with Crippen LogP contribution in [0.4, 0.5) is 8.78 Å². The van der Waals surface area contributed by atoms with Gasteiger partial charge in [-0.3, -0.25) is 0 Å². The predicted octanol–water partition coefficient (Wildman–Crippen LogP) is 6.23. The molecule has 0 radical (unpaired) electrons. The molecule has 0 heterocycles. The van der Waals surface area contributed by atoms with Crippen molar-refractivity contribution in [3.63, 3.8) is 0 Å². The molecule has 0 aliphatic carbocycles. The molecule has 0 nitrogen and oxygen atoms in total. The van der Waals surface area contributed by atoms with Gasteiger partial charge in [0.25, 0.3) is 0 Å². The average molecular weight is 378 g/mol. The van der Waals surface area contributed by atoms with Gasteiger partial charge in [0.2, 0.25) is 0 Å². The first-order valence-corrected chi connectivity index (χ1v) is 9.16. The highest BCUT2D eigenvalue weighted by Crippen LogP contribution is 2.17. The second kappa shape index (κ2) is 8.01. The fourth-order valence-corrected chi connectivity index (χ4v) is 2.94. The van der Waals surface area contributed by atoms with Crippen LogP contribution >= 0.6 is 0 Å². The molecule has 4 aromatic rings.